The summed E-state index contributed by atoms with van der Waals surface area (Å²) in [5.41, 5.74) is 16.6. The van der Waals surface area contributed by atoms with Crippen LogP contribution in [0.2, 0.25) is 0 Å². The summed E-state index contributed by atoms with van der Waals surface area (Å²) < 4.78 is 15.4. The molecule has 0 aromatic heterocycles. The second kappa shape index (κ2) is 21.2. The second-order valence-electron chi connectivity index (χ2n) is 29.9. The van der Waals surface area contributed by atoms with Crippen molar-refractivity contribution in [3.63, 3.8) is 0 Å². The van der Waals surface area contributed by atoms with Crippen molar-refractivity contribution in [2.24, 2.45) is 0 Å². The van der Waals surface area contributed by atoms with Crippen LogP contribution >= 0.6 is 15.9 Å². The van der Waals surface area contributed by atoms with E-state index >= 15 is 0 Å². The molecule has 81 heavy (non-hydrogen) atoms. The minimum Gasteiger partial charge on any atom is -0.507 e. The molecule has 0 spiro atoms. The van der Waals surface area contributed by atoms with Gasteiger partial charge >= 0.3 is 0 Å². The van der Waals surface area contributed by atoms with Gasteiger partial charge in [-0.1, -0.05) is 213 Å². The molecule has 6 nitrogen and oxygen atoms in total. The van der Waals surface area contributed by atoms with Gasteiger partial charge in [0, 0.05) is 43.0 Å². The molecule has 0 unspecified atom stereocenters. The van der Waals surface area contributed by atoms with Gasteiger partial charge in [0.2, 0.25) is 0 Å². The molecule has 0 amide bonds. The number of ether oxygens (including phenoxy) is 2. The Balaban J connectivity index is 1.41. The zero-order valence-corrected chi connectivity index (χ0v) is 53.4. The van der Waals surface area contributed by atoms with E-state index in [1.54, 1.807) is 0 Å². The molecular formula is C74H89BrO6. The lowest BCUT2D eigenvalue weighted by atomic mass is 9.79. The molecule has 7 aromatic carbocycles. The van der Waals surface area contributed by atoms with E-state index in [9.17, 15) is 20.4 Å². The van der Waals surface area contributed by atoms with E-state index in [1.165, 1.54) is 0 Å². The minimum absolute atomic E-state index is 0.144. The van der Waals surface area contributed by atoms with Crippen LogP contribution in [0.5, 0.6) is 34.5 Å². The van der Waals surface area contributed by atoms with Crippen LogP contribution < -0.4 is 9.47 Å². The molecular weight excluding hydrogens is 1060 g/mol. The van der Waals surface area contributed by atoms with Gasteiger partial charge in [0.05, 0.1) is 0 Å². The molecule has 2 aliphatic rings. The highest BCUT2D eigenvalue weighted by molar-refractivity contribution is 9.10. The Morgan fingerprint density at radius 1 is 0.272 bits per heavy atom. The Labute approximate surface area is 493 Å². The summed E-state index contributed by atoms with van der Waals surface area (Å²) in [6, 6.07) is 32.5. The van der Waals surface area contributed by atoms with Crippen LogP contribution in [-0.4, -0.2) is 20.4 Å². The van der Waals surface area contributed by atoms with Gasteiger partial charge in [-0.05, 0) is 162 Å². The number of phenols is 4. The summed E-state index contributed by atoms with van der Waals surface area (Å²) in [7, 11) is 0. The Hall–Kier alpha value is -6.18. The molecule has 0 fully saturated rings. The van der Waals surface area contributed by atoms with E-state index in [4.69, 9.17) is 9.47 Å². The van der Waals surface area contributed by atoms with Crippen LogP contribution in [0.15, 0.2) is 95.5 Å². The number of hydrogen-bond acceptors (Lipinski definition) is 6. The molecule has 0 radical (unpaired) electrons. The van der Waals surface area contributed by atoms with Crippen LogP contribution in [0.1, 0.15) is 236 Å². The molecule has 0 saturated carbocycles. The monoisotopic (exact) mass is 1150 g/mol. The lowest BCUT2D eigenvalue weighted by Gasteiger charge is -2.28. The third-order valence-corrected chi connectivity index (χ3v) is 17.3. The summed E-state index contributed by atoms with van der Waals surface area (Å²) >= 11 is 3.84. The van der Waals surface area contributed by atoms with E-state index in [2.05, 4.69) is 232 Å². The molecule has 16 bridgehead atoms. The van der Waals surface area contributed by atoms with E-state index in [0.29, 0.717) is 54.7 Å². The fraction of sp³-hybridized carbons (Fsp3) is 0.432. The molecule has 7 aromatic rings. The van der Waals surface area contributed by atoms with Gasteiger partial charge < -0.3 is 29.9 Å². The molecule has 4 N–H and O–H groups in total. The average Bonchev–Trinajstić information content (AvgIpc) is 3.32. The first kappa shape index (κ1) is 59.4. The topological polar surface area (TPSA) is 99.4 Å². The predicted octanol–water partition coefficient (Wildman–Crippen LogP) is 18.4. The predicted molar refractivity (Wildman–Crippen MR) is 337 cm³/mol. The third-order valence-electron chi connectivity index (χ3n) is 16.8. The highest BCUT2D eigenvalue weighted by atomic mass is 79.9. The van der Waals surface area contributed by atoms with Crippen molar-refractivity contribution in [1.29, 1.82) is 0 Å². The van der Waals surface area contributed by atoms with Crippen molar-refractivity contribution < 1.29 is 29.9 Å². The summed E-state index contributed by atoms with van der Waals surface area (Å²) in [6.07, 6.45) is 2.06. The van der Waals surface area contributed by atoms with E-state index < -0.39 is 0 Å². The van der Waals surface area contributed by atoms with Crippen molar-refractivity contribution in [2.75, 3.05) is 0 Å². The number of aromatic hydroxyl groups is 4. The normalized spacial score (nSPS) is 14.6. The van der Waals surface area contributed by atoms with Crippen LogP contribution in [0, 0.1) is 0 Å². The Kier molecular flexibility index (Phi) is 15.6. The summed E-state index contributed by atoms with van der Waals surface area (Å²) in [4.78, 5) is 0. The maximum atomic E-state index is 12.9. The van der Waals surface area contributed by atoms with Gasteiger partial charge in [0.1, 0.15) is 47.7 Å². The first-order valence-electron chi connectivity index (χ1n) is 29.2. The van der Waals surface area contributed by atoms with Crippen molar-refractivity contribution in [3.05, 3.63) is 207 Å². The van der Waals surface area contributed by atoms with Crippen LogP contribution in [-0.2, 0) is 84.2 Å². The molecule has 0 atom stereocenters. The van der Waals surface area contributed by atoms with Crippen molar-refractivity contribution in [3.8, 4) is 34.5 Å². The number of fused-ring (bicyclic) bond motifs is 10. The zero-order chi connectivity index (χ0) is 59.3. The zero-order valence-electron chi connectivity index (χ0n) is 51.8. The molecule has 1 heterocycles. The minimum atomic E-state index is -0.294. The molecule has 9 rings (SSSR count). The van der Waals surface area contributed by atoms with Gasteiger partial charge in [-0.2, -0.15) is 0 Å². The summed E-state index contributed by atoms with van der Waals surface area (Å²) in [5.74, 6) is 2.22. The fourth-order valence-corrected chi connectivity index (χ4v) is 12.1. The molecule has 1 aliphatic carbocycles. The molecule has 0 saturated heterocycles. The SMILES string of the molecule is CC(C)(C)c1cc2c(O)c(c1)Cc1cc(C(C)(C)C)cc(c1O)Cc1cc(C(C)(C)C)cc3c1OCc1cc(Br)cc(c1)COc1c(cc(C(C)(C)C)cc1C3)Cc1cc(C(C)(C)C)cc(c1O)Cc1cc(C(C)(C)C)cc(c1O)C2. The van der Waals surface area contributed by atoms with E-state index in [0.717, 1.165) is 105 Å². The van der Waals surface area contributed by atoms with Crippen LogP contribution in [0.3, 0.4) is 0 Å². The first-order chi connectivity index (χ1) is 37.4. The summed E-state index contributed by atoms with van der Waals surface area (Å²) in [6.45, 7) is 40.5. The van der Waals surface area contributed by atoms with Gasteiger partial charge in [0.25, 0.3) is 0 Å². The Morgan fingerprint density at radius 2 is 0.444 bits per heavy atom. The van der Waals surface area contributed by atoms with Crippen LogP contribution in [0.25, 0.3) is 0 Å². The highest BCUT2D eigenvalue weighted by Crippen LogP contribution is 2.46. The molecule has 1 aliphatic heterocycles. The Morgan fingerprint density at radius 3 is 0.642 bits per heavy atom. The van der Waals surface area contributed by atoms with Gasteiger partial charge in [-0.25, -0.2) is 0 Å². The molecule has 7 heteroatoms. The lowest BCUT2D eigenvalue weighted by Crippen LogP contribution is -2.17. The first-order valence-corrected chi connectivity index (χ1v) is 30.0. The maximum Gasteiger partial charge on any atom is 0.126 e. The standard InChI is InChI=1S/C74H89BrO6/c1-69(2,3)56-28-44-22-45-29-57(70(4,5)6)31-47(64(45)77)24-49-33-59(72(10,11)12)35-51(66(49)79)26-53-37-61(74(16,17)18)39-55-27-54-38-60(73(13,14)15)36-52(67(54)80-40-42-19-43(21-62(75)20-42)41-81-68(53)55)25-50-34-58(71(7,8)9)32-48(65(50)78)23-46(30-56)63(44)76/h19-21,28-39,76-79H,22-27,40-41H2,1-18H3. The fourth-order valence-electron chi connectivity index (χ4n) is 11.5. The number of halogens is 1. The maximum absolute atomic E-state index is 12.9. The number of rotatable bonds is 0. The summed E-state index contributed by atoms with van der Waals surface area (Å²) in [5, 5.41) is 51.2. The smallest absolute Gasteiger partial charge is 0.126 e. The van der Waals surface area contributed by atoms with Gasteiger partial charge in [0.15, 0.2) is 0 Å². The second-order valence-corrected chi connectivity index (χ2v) is 30.8. The largest absolute Gasteiger partial charge is 0.507 e. The van der Waals surface area contributed by atoms with Crippen LogP contribution in [0.4, 0.5) is 0 Å². The van der Waals surface area contributed by atoms with Crippen molar-refractivity contribution >= 4 is 15.9 Å². The van der Waals surface area contributed by atoms with E-state index in [-0.39, 0.29) is 74.8 Å². The average molecular weight is 1150 g/mol. The lowest BCUT2D eigenvalue weighted by molar-refractivity contribution is 0.290. The number of benzene rings is 7. The van der Waals surface area contributed by atoms with Gasteiger partial charge in [-0.3, -0.25) is 0 Å². The number of hydrogen-bond donors (Lipinski definition) is 4. The van der Waals surface area contributed by atoms with Crippen molar-refractivity contribution in [2.45, 2.75) is 209 Å². The van der Waals surface area contributed by atoms with E-state index in [1.807, 2.05) is 0 Å². The highest BCUT2D eigenvalue weighted by Gasteiger charge is 2.31. The third kappa shape index (κ3) is 12.9. The number of phenolic OH excluding ortho intramolecular Hbond substituents is 4. The van der Waals surface area contributed by atoms with Gasteiger partial charge in [-0.15, -0.1) is 0 Å². The van der Waals surface area contributed by atoms with Crippen molar-refractivity contribution in [1.82, 2.24) is 0 Å². The Bertz CT molecular complexity index is 3360. The molecule has 428 valence electrons. The quantitative estimate of drug-likeness (QED) is 0.121.